The summed E-state index contributed by atoms with van der Waals surface area (Å²) in [5, 5.41) is 2.23. The molecular weight excluding hydrogens is 260 g/mol. The minimum atomic E-state index is -0.150. The number of halogens is 1. The van der Waals surface area contributed by atoms with Crippen LogP contribution in [0.1, 0.15) is 21.7 Å². The number of furan rings is 1. The third kappa shape index (κ3) is 2.04. The predicted octanol–water partition coefficient (Wildman–Crippen LogP) is 4.63. The maximum Gasteiger partial charge on any atom is 0.228 e. The maximum absolute atomic E-state index is 12.4. The van der Waals surface area contributed by atoms with Crippen LogP contribution in [0.15, 0.2) is 52.9 Å². The lowest BCUT2D eigenvalue weighted by Gasteiger charge is -2.06. The van der Waals surface area contributed by atoms with Gasteiger partial charge in [0.25, 0.3) is 0 Å². The van der Waals surface area contributed by atoms with Crippen molar-refractivity contribution in [2.24, 2.45) is 0 Å². The fourth-order valence-corrected chi connectivity index (χ4v) is 2.36. The van der Waals surface area contributed by atoms with E-state index in [9.17, 15) is 4.79 Å². The Morgan fingerprint density at radius 2 is 1.74 bits per heavy atom. The average molecular weight is 271 g/mol. The lowest BCUT2D eigenvalue weighted by molar-refractivity contribution is 0.101. The van der Waals surface area contributed by atoms with E-state index >= 15 is 0 Å². The highest BCUT2D eigenvalue weighted by Gasteiger charge is 2.16. The van der Waals surface area contributed by atoms with E-state index in [2.05, 4.69) is 0 Å². The largest absolute Gasteiger partial charge is 0.441 e. The van der Waals surface area contributed by atoms with Gasteiger partial charge in [-0.25, -0.2) is 0 Å². The molecular formula is C16H11ClO2. The van der Waals surface area contributed by atoms with Gasteiger partial charge in [-0.3, -0.25) is 4.79 Å². The Kier molecular flexibility index (Phi) is 2.88. The summed E-state index contributed by atoms with van der Waals surface area (Å²) in [5.41, 5.74) is 1.77. The molecule has 0 aliphatic carbocycles. The van der Waals surface area contributed by atoms with Crippen LogP contribution in [-0.4, -0.2) is 5.78 Å². The van der Waals surface area contributed by atoms with Crippen molar-refractivity contribution in [3.8, 4) is 0 Å². The molecule has 0 saturated heterocycles. The molecule has 1 heterocycles. The summed E-state index contributed by atoms with van der Waals surface area (Å²) in [6.45, 7) is 2.03. The zero-order chi connectivity index (χ0) is 13.4. The van der Waals surface area contributed by atoms with Crippen LogP contribution in [0.2, 0.25) is 5.22 Å². The number of hydrogen-bond donors (Lipinski definition) is 0. The predicted molar refractivity (Wildman–Crippen MR) is 75.8 cm³/mol. The Hall–Kier alpha value is -2.06. The molecule has 94 valence electrons. The van der Waals surface area contributed by atoms with Crippen molar-refractivity contribution >= 4 is 28.2 Å². The van der Waals surface area contributed by atoms with Crippen molar-refractivity contribution in [1.29, 1.82) is 0 Å². The molecule has 0 unspecified atom stereocenters. The Balaban J connectivity index is 2.21. The average Bonchev–Trinajstić information content (AvgIpc) is 2.86. The first-order valence-corrected chi connectivity index (χ1v) is 6.33. The van der Waals surface area contributed by atoms with E-state index in [0.29, 0.717) is 5.56 Å². The standard InChI is InChI=1S/C16H11ClO2/c1-10-6-7-13(12-5-3-2-4-11(10)12)16(18)14-8-9-15(17)19-14/h2-9H,1H3. The Labute approximate surface area is 115 Å². The molecule has 0 N–H and O–H groups in total. The van der Waals surface area contributed by atoms with Crippen LogP contribution in [0.4, 0.5) is 0 Å². The Bertz CT molecular complexity index is 771. The van der Waals surface area contributed by atoms with Gasteiger partial charge in [0, 0.05) is 5.56 Å². The first-order chi connectivity index (χ1) is 9.16. The van der Waals surface area contributed by atoms with Crippen LogP contribution in [0, 0.1) is 6.92 Å². The van der Waals surface area contributed by atoms with Gasteiger partial charge < -0.3 is 4.42 Å². The molecule has 0 amide bonds. The van der Waals surface area contributed by atoms with E-state index in [-0.39, 0.29) is 16.8 Å². The molecule has 1 aromatic heterocycles. The van der Waals surface area contributed by atoms with E-state index in [1.807, 2.05) is 43.3 Å². The van der Waals surface area contributed by atoms with Crippen molar-refractivity contribution in [2.75, 3.05) is 0 Å². The molecule has 0 radical (unpaired) electrons. The number of hydrogen-bond acceptors (Lipinski definition) is 2. The highest BCUT2D eigenvalue weighted by Crippen LogP contribution is 2.25. The zero-order valence-corrected chi connectivity index (χ0v) is 11.1. The third-order valence-electron chi connectivity index (χ3n) is 3.18. The fraction of sp³-hybridized carbons (Fsp3) is 0.0625. The molecule has 0 saturated carbocycles. The van der Waals surface area contributed by atoms with Crippen LogP contribution >= 0.6 is 11.6 Å². The van der Waals surface area contributed by atoms with E-state index in [1.165, 1.54) is 0 Å². The highest BCUT2D eigenvalue weighted by molar-refractivity contribution is 6.29. The molecule has 3 heteroatoms. The van der Waals surface area contributed by atoms with E-state index in [4.69, 9.17) is 16.0 Å². The fourth-order valence-electron chi connectivity index (χ4n) is 2.22. The maximum atomic E-state index is 12.4. The molecule has 0 spiro atoms. The lowest BCUT2D eigenvalue weighted by atomic mass is 9.97. The summed E-state index contributed by atoms with van der Waals surface area (Å²) in [7, 11) is 0. The van der Waals surface area contributed by atoms with Crippen molar-refractivity contribution in [2.45, 2.75) is 6.92 Å². The van der Waals surface area contributed by atoms with Gasteiger partial charge in [-0.05, 0) is 47.0 Å². The summed E-state index contributed by atoms with van der Waals surface area (Å²) in [6, 6.07) is 14.8. The van der Waals surface area contributed by atoms with E-state index in [1.54, 1.807) is 12.1 Å². The number of benzene rings is 2. The van der Waals surface area contributed by atoms with Gasteiger partial charge >= 0.3 is 0 Å². The second-order valence-corrected chi connectivity index (χ2v) is 4.78. The van der Waals surface area contributed by atoms with Crippen LogP contribution in [0.3, 0.4) is 0 Å². The van der Waals surface area contributed by atoms with Gasteiger partial charge in [-0.2, -0.15) is 0 Å². The van der Waals surface area contributed by atoms with Crippen LogP contribution < -0.4 is 0 Å². The minimum absolute atomic E-state index is 0.150. The quantitative estimate of drug-likeness (QED) is 0.636. The molecule has 2 aromatic carbocycles. The Morgan fingerprint density at radius 1 is 1.00 bits per heavy atom. The molecule has 0 atom stereocenters. The van der Waals surface area contributed by atoms with Gasteiger partial charge in [-0.15, -0.1) is 0 Å². The summed E-state index contributed by atoms with van der Waals surface area (Å²) < 4.78 is 5.19. The second-order valence-electron chi connectivity index (χ2n) is 4.41. The molecule has 3 rings (SSSR count). The van der Waals surface area contributed by atoms with E-state index in [0.717, 1.165) is 16.3 Å². The van der Waals surface area contributed by atoms with Crippen molar-refractivity contribution in [3.05, 3.63) is 70.6 Å². The van der Waals surface area contributed by atoms with Crippen molar-refractivity contribution in [1.82, 2.24) is 0 Å². The molecule has 2 nitrogen and oxygen atoms in total. The smallest absolute Gasteiger partial charge is 0.228 e. The van der Waals surface area contributed by atoms with Gasteiger partial charge in [0.15, 0.2) is 11.0 Å². The summed E-state index contributed by atoms with van der Waals surface area (Å²) in [4.78, 5) is 12.4. The molecule has 0 aliphatic rings. The number of fused-ring (bicyclic) bond motifs is 1. The van der Waals surface area contributed by atoms with Gasteiger partial charge in [0.05, 0.1) is 0 Å². The Morgan fingerprint density at radius 3 is 2.42 bits per heavy atom. The minimum Gasteiger partial charge on any atom is -0.441 e. The first kappa shape index (κ1) is 12.0. The van der Waals surface area contributed by atoms with Crippen LogP contribution in [0.5, 0.6) is 0 Å². The highest BCUT2D eigenvalue weighted by atomic mass is 35.5. The van der Waals surface area contributed by atoms with Gasteiger partial charge in [-0.1, -0.05) is 36.4 Å². The van der Waals surface area contributed by atoms with Gasteiger partial charge in [0.2, 0.25) is 5.78 Å². The molecule has 0 bridgehead atoms. The second kappa shape index (κ2) is 4.56. The zero-order valence-electron chi connectivity index (χ0n) is 10.3. The first-order valence-electron chi connectivity index (χ1n) is 5.95. The topological polar surface area (TPSA) is 30.2 Å². The van der Waals surface area contributed by atoms with Crippen LogP contribution in [-0.2, 0) is 0 Å². The normalized spacial score (nSPS) is 10.8. The molecule has 19 heavy (non-hydrogen) atoms. The van der Waals surface area contributed by atoms with E-state index < -0.39 is 0 Å². The molecule has 0 fully saturated rings. The number of ketones is 1. The SMILES string of the molecule is Cc1ccc(C(=O)c2ccc(Cl)o2)c2ccccc12. The van der Waals surface area contributed by atoms with Crippen LogP contribution in [0.25, 0.3) is 10.8 Å². The number of rotatable bonds is 2. The number of aryl methyl sites for hydroxylation is 1. The summed E-state index contributed by atoms with van der Waals surface area (Å²) >= 11 is 5.72. The summed E-state index contributed by atoms with van der Waals surface area (Å²) in [5.74, 6) is 0.113. The lowest BCUT2D eigenvalue weighted by Crippen LogP contribution is -2.01. The van der Waals surface area contributed by atoms with Crippen molar-refractivity contribution in [3.63, 3.8) is 0 Å². The number of carbonyl (C=O) groups is 1. The third-order valence-corrected chi connectivity index (χ3v) is 3.39. The van der Waals surface area contributed by atoms with Crippen molar-refractivity contribution < 1.29 is 9.21 Å². The number of carbonyl (C=O) groups excluding carboxylic acids is 1. The summed E-state index contributed by atoms with van der Waals surface area (Å²) in [6.07, 6.45) is 0. The molecule has 3 aromatic rings. The molecule has 0 aliphatic heterocycles. The van der Waals surface area contributed by atoms with Gasteiger partial charge in [0.1, 0.15) is 0 Å². The monoisotopic (exact) mass is 270 g/mol.